The lowest BCUT2D eigenvalue weighted by molar-refractivity contribution is 0.294. The number of rotatable bonds is 6. The van der Waals surface area contributed by atoms with Crippen molar-refractivity contribution in [1.82, 2.24) is 10.6 Å². The maximum atomic E-state index is 5.66. The lowest BCUT2D eigenvalue weighted by Crippen LogP contribution is -2.47. The molecule has 22 heavy (non-hydrogen) atoms. The first-order valence-electron chi connectivity index (χ1n) is 7.68. The number of hydrogen-bond donors (Lipinski definition) is 2. The Morgan fingerprint density at radius 2 is 1.95 bits per heavy atom. The van der Waals surface area contributed by atoms with E-state index in [9.17, 15) is 0 Å². The minimum absolute atomic E-state index is 0.0304. The van der Waals surface area contributed by atoms with Gasteiger partial charge in [-0.15, -0.1) is 0 Å². The number of guanidine groups is 1. The van der Waals surface area contributed by atoms with Crippen LogP contribution < -0.4 is 20.1 Å². The van der Waals surface area contributed by atoms with Crippen LogP contribution in [-0.4, -0.2) is 32.3 Å². The van der Waals surface area contributed by atoms with Crippen LogP contribution in [0.3, 0.4) is 0 Å². The minimum Gasteiger partial charge on any atom is -0.493 e. The van der Waals surface area contributed by atoms with Gasteiger partial charge >= 0.3 is 0 Å². The highest BCUT2D eigenvalue weighted by atomic mass is 16.5. The number of methoxy groups -OCH3 is 1. The normalized spacial score (nSPS) is 12.0. The molecule has 0 fully saturated rings. The summed E-state index contributed by atoms with van der Waals surface area (Å²) in [5.74, 6) is 2.31. The van der Waals surface area contributed by atoms with Crippen molar-refractivity contribution in [1.29, 1.82) is 0 Å². The zero-order valence-electron chi connectivity index (χ0n) is 14.6. The average molecular weight is 307 g/mol. The molecular weight excluding hydrogens is 278 g/mol. The summed E-state index contributed by atoms with van der Waals surface area (Å²) in [5.41, 5.74) is 1.08. The van der Waals surface area contributed by atoms with Gasteiger partial charge < -0.3 is 20.1 Å². The minimum atomic E-state index is -0.0304. The third-order valence-electron chi connectivity index (χ3n) is 2.87. The van der Waals surface area contributed by atoms with Crippen LogP contribution in [-0.2, 0) is 6.54 Å². The highest BCUT2D eigenvalue weighted by Gasteiger charge is 2.12. The summed E-state index contributed by atoms with van der Waals surface area (Å²) in [7, 11) is 3.43. The van der Waals surface area contributed by atoms with E-state index < -0.39 is 0 Å². The first kappa shape index (κ1) is 18.1. The van der Waals surface area contributed by atoms with Crippen LogP contribution in [0.4, 0.5) is 0 Å². The Hall–Kier alpha value is -1.91. The van der Waals surface area contributed by atoms with Crippen molar-refractivity contribution in [3.63, 3.8) is 0 Å². The molecule has 0 heterocycles. The monoisotopic (exact) mass is 307 g/mol. The van der Waals surface area contributed by atoms with Crippen LogP contribution in [0.5, 0.6) is 11.5 Å². The summed E-state index contributed by atoms with van der Waals surface area (Å²) >= 11 is 0. The Bertz CT molecular complexity index is 493. The van der Waals surface area contributed by atoms with Crippen LogP contribution in [0.2, 0.25) is 0 Å². The van der Waals surface area contributed by atoms with Crippen molar-refractivity contribution in [3.05, 3.63) is 23.8 Å². The van der Waals surface area contributed by atoms with Crippen LogP contribution in [0, 0.1) is 0 Å². The van der Waals surface area contributed by atoms with Gasteiger partial charge in [-0.25, -0.2) is 0 Å². The van der Waals surface area contributed by atoms with Gasteiger partial charge in [0.05, 0.1) is 13.7 Å². The smallest absolute Gasteiger partial charge is 0.191 e. The summed E-state index contributed by atoms with van der Waals surface area (Å²) in [6.45, 7) is 9.74. The highest BCUT2D eigenvalue weighted by Crippen LogP contribution is 2.28. The van der Waals surface area contributed by atoms with E-state index in [-0.39, 0.29) is 5.54 Å². The number of hydrogen-bond acceptors (Lipinski definition) is 3. The largest absolute Gasteiger partial charge is 0.493 e. The molecule has 2 N–H and O–H groups in total. The maximum Gasteiger partial charge on any atom is 0.191 e. The quantitative estimate of drug-likeness (QED) is 0.627. The molecule has 0 aliphatic carbocycles. The molecule has 124 valence electrons. The molecule has 0 bridgehead atoms. The average Bonchev–Trinajstić information content (AvgIpc) is 2.48. The van der Waals surface area contributed by atoms with Crippen LogP contribution >= 0.6 is 0 Å². The van der Waals surface area contributed by atoms with E-state index in [1.807, 2.05) is 18.2 Å². The first-order chi connectivity index (χ1) is 10.4. The SMILES string of the molecule is CCCOc1ccc(CNC(=NC)NC(C)(C)C)cc1OC. The van der Waals surface area contributed by atoms with E-state index in [1.165, 1.54) is 0 Å². The summed E-state index contributed by atoms with van der Waals surface area (Å²) in [4.78, 5) is 4.23. The molecule has 0 atom stereocenters. The van der Waals surface area contributed by atoms with Gasteiger partial charge in [0.15, 0.2) is 17.5 Å². The highest BCUT2D eigenvalue weighted by molar-refractivity contribution is 5.80. The van der Waals surface area contributed by atoms with Crippen molar-refractivity contribution < 1.29 is 9.47 Å². The molecule has 5 heteroatoms. The molecule has 0 radical (unpaired) electrons. The lowest BCUT2D eigenvalue weighted by atomic mass is 10.1. The number of aliphatic imine (C=N–C) groups is 1. The van der Waals surface area contributed by atoms with Crippen LogP contribution in [0.25, 0.3) is 0 Å². The predicted molar refractivity (Wildman–Crippen MR) is 91.9 cm³/mol. The van der Waals surface area contributed by atoms with E-state index in [2.05, 4.69) is 43.3 Å². The summed E-state index contributed by atoms with van der Waals surface area (Å²) in [5, 5.41) is 6.63. The Balaban J connectivity index is 2.69. The fraction of sp³-hybridized carbons (Fsp3) is 0.588. The van der Waals surface area contributed by atoms with Gasteiger partial charge in [0.25, 0.3) is 0 Å². The van der Waals surface area contributed by atoms with E-state index >= 15 is 0 Å². The zero-order chi connectivity index (χ0) is 16.6. The Labute approximate surface area is 134 Å². The Kier molecular flexibility index (Phi) is 7.02. The number of ether oxygens (including phenoxy) is 2. The number of benzene rings is 1. The molecule has 0 unspecified atom stereocenters. The van der Waals surface area contributed by atoms with Gasteiger partial charge in [-0.2, -0.15) is 0 Å². The molecule has 5 nitrogen and oxygen atoms in total. The molecule has 1 aromatic carbocycles. The third kappa shape index (κ3) is 6.24. The van der Waals surface area contributed by atoms with Gasteiger partial charge in [0.1, 0.15) is 0 Å². The van der Waals surface area contributed by atoms with E-state index in [0.717, 1.165) is 29.4 Å². The van der Waals surface area contributed by atoms with Gasteiger partial charge in [0, 0.05) is 19.1 Å². The van der Waals surface area contributed by atoms with Crippen molar-refractivity contribution in [3.8, 4) is 11.5 Å². The third-order valence-corrected chi connectivity index (χ3v) is 2.87. The molecule has 1 aromatic rings. The fourth-order valence-corrected chi connectivity index (χ4v) is 1.87. The van der Waals surface area contributed by atoms with Crippen molar-refractivity contribution in [2.24, 2.45) is 4.99 Å². The second kappa shape index (κ2) is 8.51. The molecule has 1 rings (SSSR count). The van der Waals surface area contributed by atoms with Crippen molar-refractivity contribution >= 4 is 5.96 Å². The number of nitrogens with one attached hydrogen (secondary N) is 2. The Morgan fingerprint density at radius 3 is 2.50 bits per heavy atom. The predicted octanol–water partition coefficient (Wildman–Crippen LogP) is 2.95. The van der Waals surface area contributed by atoms with Crippen LogP contribution in [0.1, 0.15) is 39.7 Å². The maximum absolute atomic E-state index is 5.66. The molecule has 0 saturated heterocycles. The summed E-state index contributed by atoms with van der Waals surface area (Å²) in [6.07, 6.45) is 0.973. The molecule has 0 spiro atoms. The lowest BCUT2D eigenvalue weighted by Gasteiger charge is -2.23. The van der Waals surface area contributed by atoms with Crippen molar-refractivity contribution in [2.45, 2.75) is 46.2 Å². The fourth-order valence-electron chi connectivity index (χ4n) is 1.87. The van der Waals surface area contributed by atoms with Crippen LogP contribution in [0.15, 0.2) is 23.2 Å². The van der Waals surface area contributed by atoms with Gasteiger partial charge in [-0.3, -0.25) is 4.99 Å². The second-order valence-electron chi connectivity index (χ2n) is 6.13. The standard InChI is InChI=1S/C17H29N3O2/c1-7-10-22-14-9-8-13(11-15(14)21-6)12-19-16(18-5)20-17(2,3)4/h8-9,11H,7,10,12H2,1-6H3,(H2,18,19,20). The summed E-state index contributed by atoms with van der Waals surface area (Å²) < 4.78 is 11.1. The van der Waals surface area contributed by atoms with E-state index in [4.69, 9.17) is 9.47 Å². The van der Waals surface area contributed by atoms with Gasteiger partial charge in [-0.1, -0.05) is 13.0 Å². The summed E-state index contributed by atoms with van der Waals surface area (Å²) in [6, 6.07) is 5.97. The second-order valence-corrected chi connectivity index (χ2v) is 6.13. The molecular formula is C17H29N3O2. The van der Waals surface area contributed by atoms with Gasteiger partial charge in [0.2, 0.25) is 0 Å². The first-order valence-corrected chi connectivity index (χ1v) is 7.68. The molecule has 0 amide bonds. The number of nitrogens with zero attached hydrogens (tertiary/aromatic N) is 1. The van der Waals surface area contributed by atoms with Gasteiger partial charge in [-0.05, 0) is 44.9 Å². The Morgan fingerprint density at radius 1 is 1.23 bits per heavy atom. The molecule has 0 aliphatic rings. The van der Waals surface area contributed by atoms with Crippen molar-refractivity contribution in [2.75, 3.05) is 20.8 Å². The van der Waals surface area contributed by atoms with E-state index in [0.29, 0.717) is 13.2 Å². The van der Waals surface area contributed by atoms with E-state index in [1.54, 1.807) is 14.2 Å². The molecule has 0 aromatic heterocycles. The topological polar surface area (TPSA) is 54.9 Å². The molecule has 0 aliphatic heterocycles. The zero-order valence-corrected chi connectivity index (χ0v) is 14.6. The molecule has 0 saturated carbocycles.